The predicted molar refractivity (Wildman–Crippen MR) is 91.6 cm³/mol. The highest BCUT2D eigenvalue weighted by molar-refractivity contribution is 5.64. The Balaban J connectivity index is 1.65. The van der Waals surface area contributed by atoms with Gasteiger partial charge in [0.2, 0.25) is 0 Å². The van der Waals surface area contributed by atoms with Crippen LogP contribution in [-0.2, 0) is 6.54 Å². The Kier molecular flexibility index (Phi) is 4.73. The van der Waals surface area contributed by atoms with E-state index >= 15 is 0 Å². The standard InChI is InChI=1S/C18H18N4O2/c19-11-15-6-7-17(18(10-15)22(23)24)20-16-8-9-21(13-16)12-14-4-2-1-3-5-14/h1-7,10,16,20H,8-9,12-13H2. The fraction of sp³-hybridized carbons (Fsp3) is 0.278. The van der Waals surface area contributed by atoms with E-state index in [2.05, 4.69) is 22.3 Å². The van der Waals surface area contributed by atoms with Gasteiger partial charge in [0.05, 0.1) is 16.6 Å². The number of nitrogens with one attached hydrogen (secondary N) is 1. The number of likely N-dealkylation sites (tertiary alicyclic amines) is 1. The van der Waals surface area contributed by atoms with Crippen molar-refractivity contribution in [1.29, 1.82) is 5.26 Å². The summed E-state index contributed by atoms with van der Waals surface area (Å²) in [6.45, 7) is 2.68. The molecule has 1 aliphatic heterocycles. The molecule has 1 aliphatic rings. The lowest BCUT2D eigenvalue weighted by Crippen LogP contribution is -2.26. The lowest BCUT2D eigenvalue weighted by molar-refractivity contribution is -0.384. The zero-order valence-corrected chi connectivity index (χ0v) is 13.2. The van der Waals surface area contributed by atoms with Gasteiger partial charge in [0.1, 0.15) is 5.69 Å². The first kappa shape index (κ1) is 16.0. The van der Waals surface area contributed by atoms with Crippen LogP contribution in [0.5, 0.6) is 0 Å². The Labute approximate surface area is 140 Å². The molecular formula is C18H18N4O2. The van der Waals surface area contributed by atoms with Crippen molar-refractivity contribution < 1.29 is 4.92 Å². The molecule has 2 aromatic rings. The quantitative estimate of drug-likeness (QED) is 0.675. The summed E-state index contributed by atoms with van der Waals surface area (Å²) in [5.74, 6) is 0. The van der Waals surface area contributed by atoms with Crippen molar-refractivity contribution in [3.8, 4) is 6.07 Å². The molecule has 3 rings (SSSR count). The summed E-state index contributed by atoms with van der Waals surface area (Å²) in [6.07, 6.45) is 0.935. The van der Waals surface area contributed by atoms with Crippen LogP contribution in [0.2, 0.25) is 0 Å². The molecule has 1 saturated heterocycles. The Morgan fingerprint density at radius 1 is 1.29 bits per heavy atom. The number of benzene rings is 2. The van der Waals surface area contributed by atoms with Gasteiger partial charge >= 0.3 is 0 Å². The van der Waals surface area contributed by atoms with Crippen LogP contribution in [-0.4, -0.2) is 29.0 Å². The molecule has 0 radical (unpaired) electrons. The number of nitrogens with zero attached hydrogens (tertiary/aromatic N) is 3. The number of nitriles is 1. The molecule has 1 heterocycles. The SMILES string of the molecule is N#Cc1ccc(NC2CCN(Cc3ccccc3)C2)c([N+](=O)[O-])c1. The summed E-state index contributed by atoms with van der Waals surface area (Å²) in [5, 5.41) is 23.4. The second kappa shape index (κ2) is 7.11. The number of anilines is 1. The second-order valence-corrected chi connectivity index (χ2v) is 5.95. The maximum absolute atomic E-state index is 11.2. The molecule has 0 saturated carbocycles. The molecule has 122 valence electrons. The Morgan fingerprint density at radius 2 is 2.08 bits per heavy atom. The van der Waals surface area contributed by atoms with Gasteiger partial charge in [-0.25, -0.2) is 0 Å². The lowest BCUT2D eigenvalue weighted by atomic mass is 10.1. The summed E-state index contributed by atoms with van der Waals surface area (Å²) < 4.78 is 0. The van der Waals surface area contributed by atoms with Gasteiger partial charge in [-0.3, -0.25) is 15.0 Å². The van der Waals surface area contributed by atoms with Gasteiger partial charge in [-0.15, -0.1) is 0 Å². The summed E-state index contributed by atoms with van der Waals surface area (Å²) in [4.78, 5) is 13.1. The lowest BCUT2D eigenvalue weighted by Gasteiger charge is -2.17. The molecule has 1 atom stereocenters. The number of nitro groups is 1. The van der Waals surface area contributed by atoms with E-state index in [4.69, 9.17) is 5.26 Å². The normalized spacial score (nSPS) is 17.4. The molecule has 1 fully saturated rings. The van der Waals surface area contributed by atoms with Crippen molar-refractivity contribution in [1.82, 2.24) is 4.90 Å². The fourth-order valence-corrected chi connectivity index (χ4v) is 3.03. The molecule has 0 amide bonds. The van der Waals surface area contributed by atoms with Crippen LogP contribution in [0.3, 0.4) is 0 Å². The van der Waals surface area contributed by atoms with Gasteiger partial charge in [0.15, 0.2) is 0 Å². The van der Waals surface area contributed by atoms with E-state index in [9.17, 15) is 10.1 Å². The molecule has 0 bridgehead atoms. The Hall–Kier alpha value is -2.91. The highest BCUT2D eigenvalue weighted by Crippen LogP contribution is 2.27. The minimum atomic E-state index is -0.445. The highest BCUT2D eigenvalue weighted by Gasteiger charge is 2.25. The molecule has 6 nitrogen and oxygen atoms in total. The number of hydrogen-bond acceptors (Lipinski definition) is 5. The number of nitro benzene ring substituents is 1. The van der Waals surface area contributed by atoms with Crippen LogP contribution < -0.4 is 5.32 Å². The average molecular weight is 322 g/mol. The largest absolute Gasteiger partial charge is 0.375 e. The molecule has 6 heteroatoms. The summed E-state index contributed by atoms with van der Waals surface area (Å²) >= 11 is 0. The molecule has 2 aromatic carbocycles. The first-order chi connectivity index (χ1) is 11.7. The van der Waals surface area contributed by atoms with Crippen molar-refractivity contribution in [2.75, 3.05) is 18.4 Å². The topological polar surface area (TPSA) is 82.2 Å². The minimum absolute atomic E-state index is 0.0458. The van der Waals surface area contributed by atoms with Crippen molar-refractivity contribution in [2.24, 2.45) is 0 Å². The fourth-order valence-electron chi connectivity index (χ4n) is 3.03. The van der Waals surface area contributed by atoms with Crippen LogP contribution in [0.25, 0.3) is 0 Å². The van der Waals surface area contributed by atoms with Gasteiger partial charge in [0.25, 0.3) is 5.69 Å². The molecular weight excluding hydrogens is 304 g/mol. The van der Waals surface area contributed by atoms with Crippen LogP contribution in [0.1, 0.15) is 17.5 Å². The number of hydrogen-bond donors (Lipinski definition) is 1. The van der Waals surface area contributed by atoms with Crippen molar-refractivity contribution in [3.05, 3.63) is 69.8 Å². The van der Waals surface area contributed by atoms with Crippen molar-refractivity contribution in [2.45, 2.75) is 19.0 Å². The predicted octanol–water partition coefficient (Wildman–Crippen LogP) is 3.15. The van der Waals surface area contributed by atoms with E-state index in [1.807, 2.05) is 24.3 Å². The zero-order chi connectivity index (χ0) is 16.9. The van der Waals surface area contributed by atoms with Crippen molar-refractivity contribution >= 4 is 11.4 Å². The summed E-state index contributed by atoms with van der Waals surface area (Å²) in [5.41, 5.74) is 1.99. The first-order valence-corrected chi connectivity index (χ1v) is 7.87. The molecule has 0 aromatic heterocycles. The maximum Gasteiger partial charge on any atom is 0.293 e. The minimum Gasteiger partial charge on any atom is -0.375 e. The smallest absolute Gasteiger partial charge is 0.293 e. The van der Waals surface area contributed by atoms with Crippen molar-refractivity contribution in [3.63, 3.8) is 0 Å². The first-order valence-electron chi connectivity index (χ1n) is 7.87. The van der Waals surface area contributed by atoms with Gasteiger partial charge in [-0.2, -0.15) is 5.26 Å². The molecule has 0 spiro atoms. The molecule has 24 heavy (non-hydrogen) atoms. The van der Waals surface area contributed by atoms with Gasteiger partial charge in [-0.1, -0.05) is 30.3 Å². The van der Waals surface area contributed by atoms with Crippen LogP contribution in [0.15, 0.2) is 48.5 Å². The van der Waals surface area contributed by atoms with E-state index in [-0.39, 0.29) is 11.7 Å². The second-order valence-electron chi connectivity index (χ2n) is 5.95. The zero-order valence-electron chi connectivity index (χ0n) is 13.2. The molecule has 0 aliphatic carbocycles. The van der Waals surface area contributed by atoms with Gasteiger partial charge in [-0.05, 0) is 24.1 Å². The maximum atomic E-state index is 11.2. The monoisotopic (exact) mass is 322 g/mol. The summed E-state index contributed by atoms with van der Waals surface area (Å²) in [7, 11) is 0. The third kappa shape index (κ3) is 3.70. The van der Waals surface area contributed by atoms with Crippen LogP contribution in [0.4, 0.5) is 11.4 Å². The Bertz CT molecular complexity index is 770. The van der Waals surface area contributed by atoms with E-state index in [0.717, 1.165) is 26.1 Å². The molecule has 1 unspecified atom stereocenters. The summed E-state index contributed by atoms with van der Waals surface area (Å²) in [6, 6.07) is 16.9. The van der Waals surface area contributed by atoms with E-state index in [1.165, 1.54) is 11.6 Å². The van der Waals surface area contributed by atoms with E-state index in [1.54, 1.807) is 12.1 Å². The van der Waals surface area contributed by atoms with Gasteiger partial charge in [0, 0.05) is 31.7 Å². The van der Waals surface area contributed by atoms with E-state index < -0.39 is 4.92 Å². The van der Waals surface area contributed by atoms with Gasteiger partial charge < -0.3 is 5.32 Å². The third-order valence-corrected chi connectivity index (χ3v) is 4.20. The third-order valence-electron chi connectivity index (χ3n) is 4.20. The molecule has 1 N–H and O–H groups in total. The van der Waals surface area contributed by atoms with Crippen LogP contribution in [0, 0.1) is 21.4 Å². The van der Waals surface area contributed by atoms with Crippen LogP contribution >= 0.6 is 0 Å². The van der Waals surface area contributed by atoms with E-state index in [0.29, 0.717) is 11.3 Å². The number of rotatable bonds is 5. The average Bonchev–Trinajstić information content (AvgIpc) is 3.03. The Morgan fingerprint density at radius 3 is 2.79 bits per heavy atom. The highest BCUT2D eigenvalue weighted by atomic mass is 16.6.